The van der Waals surface area contributed by atoms with Crippen molar-refractivity contribution in [3.63, 3.8) is 0 Å². The second-order valence-electron chi connectivity index (χ2n) is 5.01. The highest BCUT2D eigenvalue weighted by Crippen LogP contribution is 2.67. The summed E-state index contributed by atoms with van der Waals surface area (Å²) in [5.41, 5.74) is 2.31. The van der Waals surface area contributed by atoms with Crippen LogP contribution in [-0.2, 0) is 0 Å². The highest BCUT2D eigenvalue weighted by molar-refractivity contribution is 5.28. The van der Waals surface area contributed by atoms with E-state index in [4.69, 9.17) is 0 Å². The molecule has 1 aromatic rings. The molecule has 0 saturated heterocycles. The number of hydrogen-bond donors (Lipinski definition) is 0. The van der Waals surface area contributed by atoms with Crippen molar-refractivity contribution in [2.45, 2.75) is 32.1 Å². The van der Waals surface area contributed by atoms with E-state index in [9.17, 15) is 0 Å². The topological polar surface area (TPSA) is 0 Å². The van der Waals surface area contributed by atoms with E-state index in [-0.39, 0.29) is 0 Å². The summed E-state index contributed by atoms with van der Waals surface area (Å²) in [5, 5.41) is 0. The van der Waals surface area contributed by atoms with Gasteiger partial charge in [0.15, 0.2) is 0 Å². The molecule has 0 nitrogen and oxygen atoms in total. The zero-order valence-electron chi connectivity index (χ0n) is 8.16. The summed E-state index contributed by atoms with van der Waals surface area (Å²) in [6.07, 6.45) is 4.39. The van der Waals surface area contributed by atoms with E-state index in [0.717, 1.165) is 17.3 Å². The van der Waals surface area contributed by atoms with E-state index in [1.807, 2.05) is 0 Å². The van der Waals surface area contributed by atoms with Gasteiger partial charge in [-0.1, -0.05) is 37.3 Å². The maximum atomic E-state index is 2.46. The number of hydrogen-bond acceptors (Lipinski definition) is 0. The molecule has 2 unspecified atom stereocenters. The quantitative estimate of drug-likeness (QED) is 0.639. The molecular weight excluding hydrogens is 156 g/mol. The predicted molar refractivity (Wildman–Crippen MR) is 54.6 cm³/mol. The van der Waals surface area contributed by atoms with Gasteiger partial charge in [0.05, 0.1) is 0 Å². The van der Waals surface area contributed by atoms with Crippen LogP contribution in [0.1, 0.15) is 37.7 Å². The van der Waals surface area contributed by atoms with E-state index in [0.29, 0.717) is 0 Å². The van der Waals surface area contributed by atoms with Gasteiger partial charge in [-0.15, -0.1) is 0 Å². The van der Waals surface area contributed by atoms with Crippen molar-refractivity contribution >= 4 is 0 Å². The second kappa shape index (κ2) is 2.37. The molecule has 2 saturated carbocycles. The molecule has 0 radical (unpaired) electrons. The molecule has 2 fully saturated rings. The van der Waals surface area contributed by atoms with Crippen LogP contribution < -0.4 is 0 Å². The van der Waals surface area contributed by atoms with Gasteiger partial charge in [-0.2, -0.15) is 0 Å². The lowest BCUT2D eigenvalue weighted by atomic mass is 9.99. The fourth-order valence-electron chi connectivity index (χ4n) is 2.60. The second-order valence-corrected chi connectivity index (χ2v) is 5.01. The highest BCUT2D eigenvalue weighted by atomic mass is 14.6. The Balaban J connectivity index is 1.77. The fraction of sp³-hybridized carbons (Fsp3) is 0.538. The van der Waals surface area contributed by atoms with Gasteiger partial charge in [0.1, 0.15) is 0 Å². The lowest BCUT2D eigenvalue weighted by Gasteiger charge is -2.06. The molecule has 2 aliphatic rings. The molecule has 0 heteroatoms. The average Bonchev–Trinajstić information content (AvgIpc) is 3.00. The summed E-state index contributed by atoms with van der Waals surface area (Å²) >= 11 is 0. The van der Waals surface area contributed by atoms with Gasteiger partial charge in [-0.25, -0.2) is 0 Å². The molecule has 2 aliphatic carbocycles. The van der Waals surface area contributed by atoms with Crippen LogP contribution in [0.4, 0.5) is 0 Å². The van der Waals surface area contributed by atoms with Crippen LogP contribution >= 0.6 is 0 Å². The van der Waals surface area contributed by atoms with Gasteiger partial charge >= 0.3 is 0 Å². The summed E-state index contributed by atoms with van der Waals surface area (Å²) in [6, 6.07) is 11.0. The number of benzene rings is 1. The molecule has 0 heterocycles. The van der Waals surface area contributed by atoms with Crippen molar-refractivity contribution in [1.82, 2.24) is 0 Å². The monoisotopic (exact) mass is 172 g/mol. The van der Waals surface area contributed by atoms with Gasteiger partial charge in [-0.3, -0.25) is 0 Å². The third kappa shape index (κ3) is 1.20. The van der Waals surface area contributed by atoms with Crippen LogP contribution in [0, 0.1) is 11.3 Å². The minimum absolute atomic E-state index is 0.737. The van der Waals surface area contributed by atoms with Crippen molar-refractivity contribution in [3.05, 3.63) is 35.9 Å². The van der Waals surface area contributed by atoms with E-state index in [1.54, 1.807) is 5.56 Å². The van der Waals surface area contributed by atoms with Crippen molar-refractivity contribution in [1.29, 1.82) is 0 Å². The molecule has 1 aromatic carbocycles. The first-order chi connectivity index (χ1) is 6.30. The molecule has 68 valence electrons. The van der Waals surface area contributed by atoms with Gasteiger partial charge in [0.2, 0.25) is 0 Å². The summed E-state index contributed by atoms with van der Waals surface area (Å²) in [7, 11) is 0. The van der Waals surface area contributed by atoms with Crippen LogP contribution in [0.5, 0.6) is 0 Å². The molecule has 0 N–H and O–H groups in total. The maximum Gasteiger partial charge on any atom is -0.0125 e. The largest absolute Gasteiger partial charge is 0.0622 e. The molecule has 13 heavy (non-hydrogen) atoms. The lowest BCUT2D eigenvalue weighted by Crippen LogP contribution is -1.97. The first kappa shape index (κ1) is 7.61. The van der Waals surface area contributed by atoms with Gasteiger partial charge in [0.25, 0.3) is 0 Å². The summed E-state index contributed by atoms with van der Waals surface area (Å²) in [5.74, 6) is 1.91. The summed E-state index contributed by atoms with van der Waals surface area (Å²) < 4.78 is 0. The van der Waals surface area contributed by atoms with E-state index >= 15 is 0 Å². The van der Waals surface area contributed by atoms with Gasteiger partial charge in [0, 0.05) is 0 Å². The SMILES string of the molecule is CC1(C2CC2c2ccccc2)CC1. The van der Waals surface area contributed by atoms with Gasteiger partial charge in [-0.05, 0) is 42.1 Å². The molecule has 0 aromatic heterocycles. The Bertz CT molecular complexity index is 308. The molecule has 0 spiro atoms. The van der Waals surface area contributed by atoms with Crippen molar-refractivity contribution < 1.29 is 0 Å². The first-order valence-corrected chi connectivity index (χ1v) is 5.34. The van der Waals surface area contributed by atoms with Gasteiger partial charge < -0.3 is 0 Å². The fourth-order valence-corrected chi connectivity index (χ4v) is 2.60. The minimum Gasteiger partial charge on any atom is -0.0622 e. The number of rotatable bonds is 2. The van der Waals surface area contributed by atoms with E-state index < -0.39 is 0 Å². The first-order valence-electron chi connectivity index (χ1n) is 5.34. The third-order valence-corrected chi connectivity index (χ3v) is 3.95. The molecular formula is C13H16. The predicted octanol–water partition coefficient (Wildman–Crippen LogP) is 3.59. The molecule has 0 aliphatic heterocycles. The molecule has 3 rings (SSSR count). The van der Waals surface area contributed by atoms with Crippen LogP contribution in [0.3, 0.4) is 0 Å². The van der Waals surface area contributed by atoms with E-state index in [1.165, 1.54) is 19.3 Å². The Morgan fingerprint density at radius 2 is 1.85 bits per heavy atom. The zero-order chi connectivity index (χ0) is 8.89. The Morgan fingerprint density at radius 3 is 2.46 bits per heavy atom. The minimum atomic E-state index is 0.737. The maximum absolute atomic E-state index is 2.46. The summed E-state index contributed by atoms with van der Waals surface area (Å²) in [6.45, 7) is 2.46. The average molecular weight is 172 g/mol. The van der Waals surface area contributed by atoms with Crippen LogP contribution in [-0.4, -0.2) is 0 Å². The van der Waals surface area contributed by atoms with Crippen molar-refractivity contribution in [2.24, 2.45) is 11.3 Å². The Kier molecular flexibility index (Phi) is 1.39. The van der Waals surface area contributed by atoms with Crippen LogP contribution in [0.25, 0.3) is 0 Å². The van der Waals surface area contributed by atoms with Crippen molar-refractivity contribution in [3.8, 4) is 0 Å². The highest BCUT2D eigenvalue weighted by Gasteiger charge is 2.56. The van der Waals surface area contributed by atoms with Crippen LogP contribution in [0.15, 0.2) is 30.3 Å². The molecule has 0 amide bonds. The lowest BCUT2D eigenvalue weighted by molar-refractivity contribution is 0.479. The normalized spacial score (nSPS) is 34.2. The Hall–Kier alpha value is -0.780. The third-order valence-electron chi connectivity index (χ3n) is 3.95. The Labute approximate surface area is 80.0 Å². The summed E-state index contributed by atoms with van der Waals surface area (Å²) in [4.78, 5) is 0. The van der Waals surface area contributed by atoms with Crippen molar-refractivity contribution in [2.75, 3.05) is 0 Å². The van der Waals surface area contributed by atoms with Crippen LogP contribution in [0.2, 0.25) is 0 Å². The Morgan fingerprint density at radius 1 is 1.15 bits per heavy atom. The smallest absolute Gasteiger partial charge is 0.0125 e. The standard InChI is InChI=1S/C13H16/c1-13(7-8-13)12-9-11(12)10-5-3-2-4-6-10/h2-6,11-12H,7-9H2,1H3. The zero-order valence-corrected chi connectivity index (χ0v) is 8.16. The molecule has 2 atom stereocenters. The molecule has 0 bridgehead atoms. The van der Waals surface area contributed by atoms with E-state index in [2.05, 4.69) is 37.3 Å².